The largest absolute Gasteiger partial charge is 0.492 e. The molecule has 1 heterocycles. The molecule has 5 rings (SSSR count). The zero-order valence-electron chi connectivity index (χ0n) is 20.4. The molecule has 3 aliphatic rings. The van der Waals surface area contributed by atoms with E-state index in [1.165, 1.54) is 31.6 Å². The summed E-state index contributed by atoms with van der Waals surface area (Å²) in [7, 11) is 1.84. The average molecular weight is 492 g/mol. The molecule has 1 aromatic heterocycles. The molecule has 188 valence electrons. The summed E-state index contributed by atoms with van der Waals surface area (Å²) < 4.78 is 23.0. The summed E-state index contributed by atoms with van der Waals surface area (Å²) in [6.45, 7) is 2.61. The number of likely N-dealkylation sites (N-methyl/N-ethyl adjacent to an activating group) is 1. The molecule has 1 atom stereocenters. The first kappa shape index (κ1) is 24.3. The van der Waals surface area contributed by atoms with E-state index < -0.39 is 23.0 Å². The number of halogens is 1. The Morgan fingerprint density at radius 1 is 1.22 bits per heavy atom. The van der Waals surface area contributed by atoms with Crippen LogP contribution in [0.5, 0.6) is 5.75 Å². The lowest BCUT2D eigenvalue weighted by Crippen LogP contribution is -2.56. The Balaban J connectivity index is 1.53. The number of benzene rings is 1. The van der Waals surface area contributed by atoms with Crippen LogP contribution in [-0.4, -0.2) is 53.7 Å². The molecule has 36 heavy (non-hydrogen) atoms. The molecular weight excluding hydrogens is 461 g/mol. The molecule has 9 heteroatoms. The van der Waals surface area contributed by atoms with E-state index in [0.717, 1.165) is 18.4 Å². The van der Waals surface area contributed by atoms with Crippen LogP contribution in [-0.2, 0) is 15.1 Å². The highest BCUT2D eigenvalue weighted by Gasteiger charge is 2.57. The molecule has 2 aromatic rings. The predicted molar refractivity (Wildman–Crippen MR) is 133 cm³/mol. The Morgan fingerprint density at radius 2 is 2.00 bits per heavy atom. The highest BCUT2D eigenvalue weighted by molar-refractivity contribution is 6.28. The number of hydrogen-bond donors (Lipinski definition) is 3. The van der Waals surface area contributed by atoms with Gasteiger partial charge >= 0.3 is 0 Å². The number of Topliss-reactive ketones (excluding diaryl/α,β-unsaturated/α-hetero) is 1. The number of aromatic nitrogens is 2. The van der Waals surface area contributed by atoms with Crippen LogP contribution in [0.4, 0.5) is 4.39 Å². The third kappa shape index (κ3) is 4.56. The van der Waals surface area contributed by atoms with Crippen LogP contribution in [0.2, 0.25) is 0 Å². The van der Waals surface area contributed by atoms with Crippen LogP contribution >= 0.6 is 0 Å². The summed E-state index contributed by atoms with van der Waals surface area (Å²) in [5.74, 6) is -3.15. The predicted octanol–water partition coefficient (Wildman–Crippen LogP) is 2.58. The normalized spacial score (nSPS) is 22.8. The van der Waals surface area contributed by atoms with E-state index in [0.29, 0.717) is 31.7 Å². The van der Waals surface area contributed by atoms with Gasteiger partial charge in [-0.3, -0.25) is 24.9 Å². The number of carbonyl (C=O) groups is 2. The zero-order valence-corrected chi connectivity index (χ0v) is 20.4. The number of ether oxygens (including phenoxy) is 1. The minimum atomic E-state index is -2.60. The molecule has 1 aromatic carbocycles. The van der Waals surface area contributed by atoms with E-state index in [1.54, 1.807) is 0 Å². The van der Waals surface area contributed by atoms with E-state index in [4.69, 9.17) is 4.74 Å². The van der Waals surface area contributed by atoms with Gasteiger partial charge in [-0.05, 0) is 57.4 Å². The smallest absolute Gasteiger partial charge is 0.251 e. The fraction of sp³-hybridized carbons (Fsp3) is 0.407. The Labute approximate surface area is 209 Å². The van der Waals surface area contributed by atoms with Crippen molar-refractivity contribution in [1.82, 2.24) is 25.9 Å². The van der Waals surface area contributed by atoms with Crippen molar-refractivity contribution in [2.45, 2.75) is 50.0 Å². The number of hydrogen-bond acceptors (Lipinski definition) is 7. The van der Waals surface area contributed by atoms with Crippen molar-refractivity contribution in [2.24, 2.45) is 0 Å². The molecule has 1 amide bonds. The van der Waals surface area contributed by atoms with Gasteiger partial charge in [0.2, 0.25) is 11.6 Å². The molecule has 0 aliphatic heterocycles. The third-order valence-electron chi connectivity index (χ3n) is 6.94. The Bertz CT molecular complexity index is 1240. The minimum absolute atomic E-state index is 0.0130. The first-order valence-corrected chi connectivity index (χ1v) is 12.3. The van der Waals surface area contributed by atoms with Gasteiger partial charge in [0.1, 0.15) is 12.4 Å². The number of rotatable bonds is 10. The number of alkyl halides is 1. The van der Waals surface area contributed by atoms with Gasteiger partial charge < -0.3 is 15.4 Å². The first-order valence-electron chi connectivity index (χ1n) is 12.3. The maximum absolute atomic E-state index is 17.1. The van der Waals surface area contributed by atoms with Crippen LogP contribution in [0, 0.1) is 0 Å². The van der Waals surface area contributed by atoms with E-state index in [-0.39, 0.29) is 28.5 Å². The van der Waals surface area contributed by atoms with Crippen LogP contribution in [0.1, 0.15) is 43.9 Å². The van der Waals surface area contributed by atoms with E-state index in [9.17, 15) is 9.59 Å². The zero-order chi connectivity index (χ0) is 25.3. The number of ketones is 1. The second kappa shape index (κ2) is 9.55. The summed E-state index contributed by atoms with van der Waals surface area (Å²) in [6, 6.07) is 7.57. The molecule has 0 saturated heterocycles. The van der Waals surface area contributed by atoms with Crippen molar-refractivity contribution >= 4 is 17.3 Å². The van der Waals surface area contributed by atoms with Crippen LogP contribution in [0.25, 0.3) is 5.57 Å². The molecule has 3 N–H and O–H groups in total. The molecule has 3 aliphatic carbocycles. The van der Waals surface area contributed by atoms with Gasteiger partial charge in [0.25, 0.3) is 5.91 Å². The van der Waals surface area contributed by atoms with Crippen molar-refractivity contribution in [1.29, 1.82) is 0 Å². The molecule has 0 spiro atoms. The summed E-state index contributed by atoms with van der Waals surface area (Å²) in [4.78, 5) is 35.1. The van der Waals surface area contributed by atoms with Gasteiger partial charge in [-0.2, -0.15) is 0 Å². The minimum Gasteiger partial charge on any atom is -0.492 e. The summed E-state index contributed by atoms with van der Waals surface area (Å²) >= 11 is 0. The highest BCUT2D eigenvalue weighted by Crippen LogP contribution is 2.52. The maximum atomic E-state index is 17.1. The van der Waals surface area contributed by atoms with Crippen LogP contribution < -0.4 is 20.7 Å². The molecule has 8 nitrogen and oxygen atoms in total. The maximum Gasteiger partial charge on any atom is 0.251 e. The molecule has 1 unspecified atom stereocenters. The standard InChI is InChI=1S/C27H30FN5O3/c1-17-19(25(35)32-18-7-8-18)15-20(22-16-30-11-12-31-22)24(34)27(17,28)33-26(9-10-26)21-5-3-4-6-23(21)36-14-13-29-2/h3-6,11-12,15-16,18,29,33H,7-10,13-14H2,1-2H3,(H,32,35). The number of amides is 1. The fourth-order valence-corrected chi connectivity index (χ4v) is 4.53. The Kier molecular flexibility index (Phi) is 6.44. The topological polar surface area (TPSA) is 105 Å². The van der Waals surface area contributed by atoms with Crippen molar-refractivity contribution in [3.8, 4) is 5.75 Å². The monoisotopic (exact) mass is 491 g/mol. The lowest BCUT2D eigenvalue weighted by molar-refractivity contribution is -0.125. The number of para-hydroxylation sites is 1. The van der Waals surface area contributed by atoms with Gasteiger partial charge in [0.05, 0.1) is 23.0 Å². The van der Waals surface area contributed by atoms with Crippen molar-refractivity contribution < 1.29 is 18.7 Å². The van der Waals surface area contributed by atoms with Crippen molar-refractivity contribution in [3.63, 3.8) is 0 Å². The molecule has 2 saturated carbocycles. The van der Waals surface area contributed by atoms with Gasteiger partial charge in [-0.15, -0.1) is 0 Å². The van der Waals surface area contributed by atoms with Crippen LogP contribution in [0.15, 0.2) is 60.1 Å². The van der Waals surface area contributed by atoms with E-state index >= 15 is 4.39 Å². The van der Waals surface area contributed by atoms with Gasteiger partial charge in [0.15, 0.2) is 0 Å². The van der Waals surface area contributed by atoms with E-state index in [1.807, 2.05) is 31.3 Å². The fourth-order valence-electron chi connectivity index (χ4n) is 4.53. The molecular formula is C27H30FN5O3. The summed E-state index contributed by atoms with van der Waals surface area (Å²) in [5, 5.41) is 9.00. The number of nitrogens with zero attached hydrogens (tertiary/aromatic N) is 2. The van der Waals surface area contributed by atoms with Crippen molar-refractivity contribution in [3.05, 3.63) is 71.3 Å². The molecule has 2 fully saturated rings. The van der Waals surface area contributed by atoms with Crippen LogP contribution in [0.3, 0.4) is 0 Å². The van der Waals surface area contributed by atoms with Crippen molar-refractivity contribution in [2.75, 3.05) is 20.2 Å². The quantitative estimate of drug-likeness (QED) is 0.347. The second-order valence-corrected chi connectivity index (χ2v) is 9.58. The lowest BCUT2D eigenvalue weighted by atomic mass is 9.83. The summed E-state index contributed by atoms with van der Waals surface area (Å²) in [6.07, 6.45) is 8.79. The number of carbonyl (C=O) groups excluding carboxylic acids is 2. The first-order chi connectivity index (χ1) is 17.4. The van der Waals surface area contributed by atoms with Gasteiger partial charge in [-0.1, -0.05) is 18.2 Å². The summed E-state index contributed by atoms with van der Waals surface area (Å²) in [5.41, 5.74) is 0.392. The van der Waals surface area contributed by atoms with Gasteiger partial charge in [-0.25, -0.2) is 4.39 Å². The highest BCUT2D eigenvalue weighted by atomic mass is 19.1. The second-order valence-electron chi connectivity index (χ2n) is 9.58. The molecule has 0 bridgehead atoms. The SMILES string of the molecule is CNCCOc1ccccc1C1(NC2(F)C(=O)C(c3cnccn3)=CC(C(=O)NC3CC3)=C2C)CC1. The number of nitrogens with one attached hydrogen (secondary N) is 3. The van der Waals surface area contributed by atoms with E-state index in [2.05, 4.69) is 25.9 Å². The third-order valence-corrected chi connectivity index (χ3v) is 6.94. The van der Waals surface area contributed by atoms with Gasteiger partial charge in [0, 0.05) is 36.1 Å². The Hall–Kier alpha value is -3.43. The lowest BCUT2D eigenvalue weighted by Gasteiger charge is -2.36. The average Bonchev–Trinajstić information content (AvgIpc) is 3.82. The molecule has 0 radical (unpaired) electrons. The Morgan fingerprint density at radius 3 is 2.67 bits per heavy atom.